The number of fused-ring (bicyclic) bond motifs is 3. The third-order valence-corrected chi connectivity index (χ3v) is 2.60. The van der Waals surface area contributed by atoms with Gasteiger partial charge in [0.05, 0.1) is 6.07 Å². The second-order valence-corrected chi connectivity index (χ2v) is 3.57. The van der Waals surface area contributed by atoms with Gasteiger partial charge in [-0.15, -0.1) is 0 Å². The lowest BCUT2D eigenvalue weighted by atomic mass is 10.2. The molecule has 2 heteroatoms. The van der Waals surface area contributed by atoms with Crippen LogP contribution in [0.25, 0.3) is 16.4 Å². The molecule has 0 amide bonds. The highest BCUT2D eigenvalue weighted by Crippen LogP contribution is 2.17. The van der Waals surface area contributed by atoms with Crippen LogP contribution in [-0.4, -0.2) is 5.11 Å². The average molecular weight is 196 g/mol. The molecule has 2 aromatic heterocycles. The van der Waals surface area contributed by atoms with Gasteiger partial charge in [-0.1, -0.05) is 0 Å². The smallest absolute Gasteiger partial charge is 0.222 e. The highest BCUT2D eigenvalue weighted by Gasteiger charge is 2.07. The Morgan fingerprint density at radius 2 is 1.80 bits per heavy atom. The molecule has 2 nitrogen and oxygen atoms in total. The molecule has 0 aliphatic carbocycles. The molecule has 0 fully saturated rings. The number of rotatable bonds is 0. The molecule has 15 heavy (non-hydrogen) atoms. The van der Waals surface area contributed by atoms with Crippen molar-refractivity contribution in [3.63, 3.8) is 0 Å². The second-order valence-electron chi connectivity index (χ2n) is 3.57. The maximum absolute atomic E-state index is 9.48. The van der Waals surface area contributed by atoms with E-state index in [1.165, 1.54) is 0 Å². The number of phenolic OH excluding ortho intramolecular Hbond substituents is 1. The Morgan fingerprint density at radius 1 is 0.933 bits per heavy atom. The van der Waals surface area contributed by atoms with Gasteiger partial charge >= 0.3 is 0 Å². The van der Waals surface area contributed by atoms with Crippen LogP contribution in [0.15, 0.2) is 54.7 Å². The van der Waals surface area contributed by atoms with Gasteiger partial charge < -0.3 is 5.11 Å². The minimum atomic E-state index is 0.298. The molecular formula is C13H10NO+. The van der Waals surface area contributed by atoms with E-state index < -0.39 is 0 Å². The lowest BCUT2D eigenvalue weighted by molar-refractivity contribution is -0.481. The summed E-state index contributed by atoms with van der Waals surface area (Å²) in [4.78, 5) is 0. The summed E-state index contributed by atoms with van der Waals surface area (Å²) in [7, 11) is 0. The van der Waals surface area contributed by atoms with Gasteiger partial charge in [0, 0.05) is 23.6 Å². The summed E-state index contributed by atoms with van der Waals surface area (Å²) in [5.74, 6) is 0.298. The highest BCUT2D eigenvalue weighted by atomic mass is 16.3. The van der Waals surface area contributed by atoms with Crippen molar-refractivity contribution in [2.45, 2.75) is 0 Å². The van der Waals surface area contributed by atoms with E-state index in [2.05, 4.69) is 16.5 Å². The van der Waals surface area contributed by atoms with Crippen molar-refractivity contribution in [1.29, 1.82) is 0 Å². The number of nitrogens with zero attached hydrogens (tertiary/aromatic N) is 1. The summed E-state index contributed by atoms with van der Waals surface area (Å²) in [6.07, 6.45) is 2.00. The second kappa shape index (κ2) is 2.95. The Morgan fingerprint density at radius 3 is 2.73 bits per heavy atom. The molecule has 1 N–H and O–H groups in total. The number of aromatic nitrogens is 1. The lowest BCUT2D eigenvalue weighted by Crippen LogP contribution is -2.21. The molecule has 0 saturated heterocycles. The highest BCUT2D eigenvalue weighted by molar-refractivity contribution is 5.78. The van der Waals surface area contributed by atoms with E-state index in [0.717, 1.165) is 16.4 Å². The van der Waals surface area contributed by atoms with Crippen LogP contribution in [0.5, 0.6) is 5.75 Å². The van der Waals surface area contributed by atoms with E-state index in [4.69, 9.17) is 0 Å². The van der Waals surface area contributed by atoms with Crippen LogP contribution in [0, 0.1) is 0 Å². The van der Waals surface area contributed by atoms with Crippen molar-refractivity contribution < 1.29 is 9.51 Å². The zero-order valence-corrected chi connectivity index (χ0v) is 8.09. The van der Waals surface area contributed by atoms with Crippen molar-refractivity contribution in [3.8, 4) is 5.75 Å². The zero-order valence-electron chi connectivity index (χ0n) is 8.09. The largest absolute Gasteiger partial charge is 0.508 e. The van der Waals surface area contributed by atoms with Crippen LogP contribution in [0.3, 0.4) is 0 Å². The van der Waals surface area contributed by atoms with Gasteiger partial charge in [-0.2, -0.15) is 4.40 Å². The van der Waals surface area contributed by atoms with Crippen molar-refractivity contribution in [2.24, 2.45) is 0 Å². The summed E-state index contributed by atoms with van der Waals surface area (Å²) in [6, 6.07) is 15.6. The first kappa shape index (κ1) is 8.24. The molecule has 1 aromatic carbocycles. The molecule has 0 spiro atoms. The summed E-state index contributed by atoms with van der Waals surface area (Å²) < 4.78 is 2.06. The van der Waals surface area contributed by atoms with E-state index in [0.29, 0.717) is 5.75 Å². The van der Waals surface area contributed by atoms with Crippen LogP contribution in [0.4, 0.5) is 0 Å². The number of hydrogen-bond acceptors (Lipinski definition) is 1. The topological polar surface area (TPSA) is 24.3 Å². The van der Waals surface area contributed by atoms with E-state index in [1.54, 1.807) is 12.1 Å². The third-order valence-electron chi connectivity index (χ3n) is 2.60. The normalized spacial score (nSPS) is 10.9. The fourth-order valence-corrected chi connectivity index (χ4v) is 1.87. The molecule has 0 unspecified atom stereocenters. The predicted octanol–water partition coefficient (Wildman–Crippen LogP) is 2.28. The van der Waals surface area contributed by atoms with Gasteiger partial charge in [-0.25, -0.2) is 0 Å². The SMILES string of the molecule is Oc1ccc2ccc3cccc[n+]3c2c1. The molecule has 0 radical (unpaired) electrons. The molecule has 0 aliphatic heterocycles. The van der Waals surface area contributed by atoms with Crippen LogP contribution in [0.2, 0.25) is 0 Å². The van der Waals surface area contributed by atoms with Crippen molar-refractivity contribution >= 4 is 16.4 Å². The summed E-state index contributed by atoms with van der Waals surface area (Å²) in [6.45, 7) is 0. The standard InChI is InChI=1S/C13H9NO/c15-12-7-5-10-4-6-11-3-1-2-8-14(11)13(10)9-12/h1-9H/p+1. The number of phenols is 1. The number of aromatic hydroxyl groups is 1. The predicted molar refractivity (Wildman–Crippen MR) is 58.8 cm³/mol. The minimum absolute atomic E-state index is 0.298. The number of benzene rings is 1. The first-order chi connectivity index (χ1) is 7.34. The average Bonchev–Trinajstić information content (AvgIpc) is 2.29. The van der Waals surface area contributed by atoms with Crippen molar-refractivity contribution in [3.05, 3.63) is 54.7 Å². The molecular weight excluding hydrogens is 186 g/mol. The first-order valence-electron chi connectivity index (χ1n) is 4.87. The Labute approximate surface area is 87.0 Å². The Kier molecular flexibility index (Phi) is 1.62. The monoisotopic (exact) mass is 196 g/mol. The van der Waals surface area contributed by atoms with Crippen molar-refractivity contribution in [1.82, 2.24) is 0 Å². The van der Waals surface area contributed by atoms with Gasteiger partial charge in [0.1, 0.15) is 5.75 Å². The van der Waals surface area contributed by atoms with Gasteiger partial charge in [-0.05, 0) is 24.3 Å². The zero-order chi connectivity index (χ0) is 10.3. The molecule has 3 rings (SSSR count). The third kappa shape index (κ3) is 1.22. The molecule has 72 valence electrons. The first-order valence-corrected chi connectivity index (χ1v) is 4.87. The fraction of sp³-hybridized carbons (Fsp3) is 0. The number of pyridine rings is 2. The summed E-state index contributed by atoms with van der Waals surface area (Å²) >= 11 is 0. The molecule has 2 heterocycles. The van der Waals surface area contributed by atoms with E-state index >= 15 is 0 Å². The molecule has 0 saturated carbocycles. The molecule has 0 bridgehead atoms. The van der Waals surface area contributed by atoms with E-state index in [9.17, 15) is 5.11 Å². The van der Waals surface area contributed by atoms with Gasteiger partial charge in [0.15, 0.2) is 6.20 Å². The number of hydrogen-bond donors (Lipinski definition) is 1. The fourth-order valence-electron chi connectivity index (χ4n) is 1.87. The van der Waals surface area contributed by atoms with Crippen molar-refractivity contribution in [2.75, 3.05) is 0 Å². The molecule has 0 aliphatic rings. The quantitative estimate of drug-likeness (QED) is 0.433. The van der Waals surface area contributed by atoms with Gasteiger partial charge in [-0.3, -0.25) is 0 Å². The minimum Gasteiger partial charge on any atom is -0.508 e. The van der Waals surface area contributed by atoms with Crippen LogP contribution >= 0.6 is 0 Å². The Hall–Kier alpha value is -2.09. The summed E-state index contributed by atoms with van der Waals surface area (Å²) in [5, 5.41) is 10.6. The maximum Gasteiger partial charge on any atom is 0.222 e. The van der Waals surface area contributed by atoms with Crippen LogP contribution in [0.1, 0.15) is 0 Å². The molecule has 3 aromatic rings. The summed E-state index contributed by atoms with van der Waals surface area (Å²) in [5.41, 5.74) is 2.14. The van der Waals surface area contributed by atoms with Crippen LogP contribution in [-0.2, 0) is 0 Å². The van der Waals surface area contributed by atoms with Gasteiger partial charge in [0.25, 0.3) is 0 Å². The van der Waals surface area contributed by atoms with Crippen LogP contribution < -0.4 is 4.40 Å². The molecule has 0 atom stereocenters. The Balaban J connectivity index is 2.57. The Bertz CT molecular complexity index is 646. The lowest BCUT2D eigenvalue weighted by Gasteiger charge is -1.97. The van der Waals surface area contributed by atoms with Gasteiger partial charge in [0.2, 0.25) is 11.0 Å². The van der Waals surface area contributed by atoms with E-state index in [1.807, 2.05) is 30.5 Å². The van der Waals surface area contributed by atoms with E-state index in [-0.39, 0.29) is 0 Å². The maximum atomic E-state index is 9.48.